The van der Waals surface area contributed by atoms with Crippen LogP contribution < -0.4 is 4.90 Å². The van der Waals surface area contributed by atoms with Crippen LogP contribution in [0.1, 0.15) is 17.8 Å². The number of rotatable bonds is 1. The Morgan fingerprint density at radius 1 is 1.54 bits per heavy atom. The molecular weight excluding hydrogens is 186 g/mol. The zero-order valence-corrected chi connectivity index (χ0v) is 8.42. The van der Waals surface area contributed by atoms with Crippen molar-refractivity contribution in [1.82, 2.24) is 10.2 Å². The molecule has 0 bridgehead atoms. The second kappa shape index (κ2) is 3.59. The lowest BCUT2D eigenvalue weighted by Gasteiger charge is -2.29. The first-order chi connectivity index (χ1) is 6.25. The molecule has 5 heteroatoms. The molecule has 1 saturated heterocycles. The summed E-state index contributed by atoms with van der Waals surface area (Å²) >= 11 is 1.59. The highest BCUT2D eigenvalue weighted by Gasteiger charge is 2.20. The van der Waals surface area contributed by atoms with Crippen molar-refractivity contribution >= 4 is 16.5 Å². The van der Waals surface area contributed by atoms with Crippen molar-refractivity contribution in [3.8, 4) is 0 Å². The maximum absolute atomic E-state index is 9.46. The molecule has 1 aromatic heterocycles. The lowest BCUT2D eigenvalue weighted by molar-refractivity contribution is 0.154. The number of piperidine rings is 1. The highest BCUT2D eigenvalue weighted by Crippen LogP contribution is 2.23. The van der Waals surface area contributed by atoms with Gasteiger partial charge in [0.1, 0.15) is 5.01 Å². The minimum absolute atomic E-state index is 0.196. The van der Waals surface area contributed by atoms with Gasteiger partial charge in [-0.25, -0.2) is 0 Å². The molecule has 1 aliphatic heterocycles. The van der Waals surface area contributed by atoms with Crippen molar-refractivity contribution < 1.29 is 5.11 Å². The van der Waals surface area contributed by atoms with Crippen LogP contribution >= 0.6 is 11.3 Å². The van der Waals surface area contributed by atoms with E-state index in [1.165, 1.54) is 0 Å². The highest BCUT2D eigenvalue weighted by atomic mass is 32.1. The molecule has 72 valence electrons. The van der Waals surface area contributed by atoms with Gasteiger partial charge < -0.3 is 10.0 Å². The maximum atomic E-state index is 9.46. The predicted molar refractivity (Wildman–Crippen MR) is 52.1 cm³/mol. The molecule has 13 heavy (non-hydrogen) atoms. The van der Waals surface area contributed by atoms with Gasteiger partial charge in [0.2, 0.25) is 5.13 Å². The average molecular weight is 199 g/mol. The van der Waals surface area contributed by atoms with Gasteiger partial charge in [0, 0.05) is 13.1 Å². The van der Waals surface area contributed by atoms with Crippen molar-refractivity contribution in [2.24, 2.45) is 0 Å². The third-order valence-corrected chi connectivity index (χ3v) is 3.08. The summed E-state index contributed by atoms with van der Waals surface area (Å²) in [6.45, 7) is 3.64. The molecular formula is C8H13N3OS. The van der Waals surface area contributed by atoms with Crippen molar-refractivity contribution in [2.45, 2.75) is 25.9 Å². The summed E-state index contributed by atoms with van der Waals surface area (Å²) < 4.78 is 0. The smallest absolute Gasteiger partial charge is 0.208 e. The van der Waals surface area contributed by atoms with Gasteiger partial charge in [0.25, 0.3) is 0 Å². The summed E-state index contributed by atoms with van der Waals surface area (Å²) in [5, 5.41) is 19.4. The van der Waals surface area contributed by atoms with Gasteiger partial charge >= 0.3 is 0 Å². The number of anilines is 1. The summed E-state index contributed by atoms with van der Waals surface area (Å²) in [6.07, 6.45) is 1.76. The van der Waals surface area contributed by atoms with E-state index in [4.69, 9.17) is 0 Å². The van der Waals surface area contributed by atoms with Crippen LogP contribution in [-0.4, -0.2) is 34.5 Å². The number of aryl methyl sites for hydroxylation is 1. The third kappa shape index (κ3) is 1.97. The number of aliphatic hydroxyl groups excluding tert-OH is 1. The quantitative estimate of drug-likeness (QED) is 0.727. The second-order valence-corrected chi connectivity index (χ2v) is 4.51. The molecule has 0 radical (unpaired) electrons. The molecule has 1 aromatic rings. The topological polar surface area (TPSA) is 49.2 Å². The molecule has 2 heterocycles. The molecule has 0 saturated carbocycles. The van der Waals surface area contributed by atoms with Crippen LogP contribution in [0.5, 0.6) is 0 Å². The van der Waals surface area contributed by atoms with Crippen molar-refractivity contribution in [3.63, 3.8) is 0 Å². The Balaban J connectivity index is 2.08. The lowest BCUT2D eigenvalue weighted by atomic mass is 10.1. The van der Waals surface area contributed by atoms with Gasteiger partial charge in [-0.2, -0.15) is 0 Å². The highest BCUT2D eigenvalue weighted by molar-refractivity contribution is 7.15. The van der Waals surface area contributed by atoms with Gasteiger partial charge in [-0.15, -0.1) is 10.2 Å². The largest absolute Gasteiger partial charge is 0.391 e. The second-order valence-electron chi connectivity index (χ2n) is 3.35. The number of aliphatic hydroxyl groups is 1. The molecule has 0 aliphatic carbocycles. The van der Waals surface area contributed by atoms with E-state index in [9.17, 15) is 5.11 Å². The summed E-state index contributed by atoms with van der Waals surface area (Å²) in [5.74, 6) is 0. The van der Waals surface area contributed by atoms with Crippen LogP contribution in [-0.2, 0) is 0 Å². The zero-order valence-electron chi connectivity index (χ0n) is 7.60. The SMILES string of the molecule is Cc1nnc(N2CCC[C@H](O)C2)s1. The molecule has 0 aromatic carbocycles. The lowest BCUT2D eigenvalue weighted by Crippen LogP contribution is -2.38. The number of β-amino-alcohol motifs (C(OH)–C–C–N with tert-alkyl or cyclic N) is 1. The Morgan fingerprint density at radius 2 is 2.38 bits per heavy atom. The van der Waals surface area contributed by atoms with Crippen molar-refractivity contribution in [1.29, 1.82) is 0 Å². The number of hydrogen-bond acceptors (Lipinski definition) is 5. The minimum Gasteiger partial charge on any atom is -0.391 e. The fourth-order valence-corrected chi connectivity index (χ4v) is 2.26. The van der Waals surface area contributed by atoms with E-state index in [1.807, 2.05) is 6.92 Å². The van der Waals surface area contributed by atoms with Crippen molar-refractivity contribution in [3.05, 3.63) is 5.01 Å². The Labute approximate surface area is 81.2 Å². The van der Waals surface area contributed by atoms with Crippen LogP contribution in [0.15, 0.2) is 0 Å². The van der Waals surface area contributed by atoms with Crippen LogP contribution in [0.25, 0.3) is 0 Å². The first-order valence-electron chi connectivity index (χ1n) is 4.49. The Hall–Kier alpha value is -0.680. The van der Waals surface area contributed by atoms with Crippen LogP contribution in [0.2, 0.25) is 0 Å². The molecule has 1 atom stereocenters. The third-order valence-electron chi connectivity index (χ3n) is 2.18. The van der Waals surface area contributed by atoms with Crippen LogP contribution in [0.4, 0.5) is 5.13 Å². The molecule has 1 N–H and O–H groups in total. The molecule has 0 unspecified atom stereocenters. The molecule has 2 rings (SSSR count). The first-order valence-corrected chi connectivity index (χ1v) is 5.30. The van der Waals surface area contributed by atoms with Gasteiger partial charge in [-0.1, -0.05) is 11.3 Å². The Kier molecular flexibility index (Phi) is 2.46. The van der Waals surface area contributed by atoms with E-state index in [0.29, 0.717) is 6.54 Å². The van der Waals surface area contributed by atoms with E-state index in [1.54, 1.807) is 11.3 Å². The monoisotopic (exact) mass is 199 g/mol. The van der Waals surface area contributed by atoms with E-state index in [2.05, 4.69) is 15.1 Å². The fourth-order valence-electron chi connectivity index (χ4n) is 1.54. The molecule has 1 aliphatic rings. The number of nitrogens with zero attached hydrogens (tertiary/aromatic N) is 3. The fraction of sp³-hybridized carbons (Fsp3) is 0.750. The number of aromatic nitrogens is 2. The molecule has 0 amide bonds. The van der Waals surface area contributed by atoms with Gasteiger partial charge in [-0.3, -0.25) is 0 Å². The first kappa shape index (κ1) is 8.90. The normalized spacial score (nSPS) is 23.5. The zero-order chi connectivity index (χ0) is 9.26. The summed E-state index contributed by atoms with van der Waals surface area (Å²) in [7, 11) is 0. The number of hydrogen-bond donors (Lipinski definition) is 1. The Morgan fingerprint density at radius 3 is 3.00 bits per heavy atom. The average Bonchev–Trinajstić information content (AvgIpc) is 2.52. The molecule has 1 fully saturated rings. The molecule has 4 nitrogen and oxygen atoms in total. The van der Waals surface area contributed by atoms with E-state index >= 15 is 0 Å². The van der Waals surface area contributed by atoms with Crippen LogP contribution in [0.3, 0.4) is 0 Å². The summed E-state index contributed by atoms with van der Waals surface area (Å²) in [6, 6.07) is 0. The van der Waals surface area contributed by atoms with E-state index in [-0.39, 0.29) is 6.10 Å². The molecule has 0 spiro atoms. The maximum Gasteiger partial charge on any atom is 0.208 e. The Bertz CT molecular complexity index is 289. The van der Waals surface area contributed by atoms with Gasteiger partial charge in [0.05, 0.1) is 6.10 Å². The van der Waals surface area contributed by atoms with Gasteiger partial charge in [-0.05, 0) is 19.8 Å². The standard InChI is InChI=1S/C8H13N3OS/c1-6-9-10-8(13-6)11-4-2-3-7(12)5-11/h7,12H,2-5H2,1H3/t7-/m0/s1. The van der Waals surface area contributed by atoms with E-state index in [0.717, 1.165) is 29.5 Å². The van der Waals surface area contributed by atoms with Crippen LogP contribution in [0, 0.1) is 6.92 Å². The van der Waals surface area contributed by atoms with Crippen molar-refractivity contribution in [2.75, 3.05) is 18.0 Å². The van der Waals surface area contributed by atoms with Gasteiger partial charge in [0.15, 0.2) is 0 Å². The summed E-state index contributed by atoms with van der Waals surface area (Å²) in [4.78, 5) is 2.11. The predicted octanol–water partition coefficient (Wildman–Crippen LogP) is 0.808. The summed E-state index contributed by atoms with van der Waals surface area (Å²) in [5.41, 5.74) is 0. The van der Waals surface area contributed by atoms with E-state index < -0.39 is 0 Å². The minimum atomic E-state index is -0.196.